The molecule has 6 heteroatoms. The Hall–Kier alpha value is -1.75. The Bertz CT molecular complexity index is 475. The second kappa shape index (κ2) is 6.99. The van der Waals surface area contributed by atoms with Gasteiger partial charge in [-0.3, -0.25) is 9.59 Å². The van der Waals surface area contributed by atoms with Crippen molar-refractivity contribution in [2.45, 2.75) is 13.8 Å². The number of carbonyl (C=O) groups is 2. The Labute approximate surface area is 117 Å². The second-order valence-corrected chi connectivity index (χ2v) is 4.84. The Kier molecular flexibility index (Phi) is 5.63. The van der Waals surface area contributed by atoms with Gasteiger partial charge in [0.15, 0.2) is 0 Å². The van der Waals surface area contributed by atoms with Gasteiger partial charge in [0, 0.05) is 11.6 Å². The van der Waals surface area contributed by atoms with E-state index >= 15 is 0 Å². The van der Waals surface area contributed by atoms with Crippen molar-refractivity contribution in [3.63, 3.8) is 0 Å². The van der Waals surface area contributed by atoms with Gasteiger partial charge in [0.25, 0.3) is 0 Å². The molecule has 5 nitrogen and oxygen atoms in total. The molecular weight excluding hydrogens is 268 g/mol. The van der Waals surface area contributed by atoms with Crippen LogP contribution in [0.25, 0.3) is 0 Å². The lowest BCUT2D eigenvalue weighted by Gasteiger charge is -2.11. The maximum Gasteiger partial charge on any atom is 0.313 e. The van der Waals surface area contributed by atoms with E-state index in [2.05, 4.69) is 10.6 Å². The van der Waals surface area contributed by atoms with Gasteiger partial charge < -0.3 is 15.4 Å². The third-order valence-corrected chi connectivity index (χ3v) is 2.52. The van der Waals surface area contributed by atoms with E-state index in [0.717, 1.165) is 0 Å². The molecule has 1 aromatic carbocycles. The van der Waals surface area contributed by atoms with Crippen molar-refractivity contribution in [1.82, 2.24) is 5.32 Å². The highest BCUT2D eigenvalue weighted by atomic mass is 35.5. The highest BCUT2D eigenvalue weighted by molar-refractivity contribution is 6.40. The quantitative estimate of drug-likeness (QED) is 0.832. The maximum absolute atomic E-state index is 11.7. The molecule has 19 heavy (non-hydrogen) atoms. The second-order valence-electron chi connectivity index (χ2n) is 4.40. The van der Waals surface area contributed by atoms with Gasteiger partial charge in [-0.25, -0.2) is 0 Å². The van der Waals surface area contributed by atoms with Crippen LogP contribution in [0.1, 0.15) is 13.8 Å². The van der Waals surface area contributed by atoms with E-state index in [4.69, 9.17) is 16.3 Å². The third-order valence-electron chi connectivity index (χ3n) is 2.29. The highest BCUT2D eigenvalue weighted by Crippen LogP contribution is 2.27. The fraction of sp³-hybridized carbons (Fsp3) is 0.385. The van der Waals surface area contributed by atoms with Gasteiger partial charge in [-0.15, -0.1) is 0 Å². The molecule has 0 aliphatic rings. The normalized spacial score (nSPS) is 10.2. The smallest absolute Gasteiger partial charge is 0.313 e. The van der Waals surface area contributed by atoms with Crippen LogP contribution in [0.15, 0.2) is 18.2 Å². The van der Waals surface area contributed by atoms with Crippen LogP contribution in [0.4, 0.5) is 5.69 Å². The van der Waals surface area contributed by atoms with Gasteiger partial charge in [-0.2, -0.15) is 0 Å². The fourth-order valence-electron chi connectivity index (χ4n) is 1.33. The van der Waals surface area contributed by atoms with Crippen LogP contribution in [0.2, 0.25) is 5.02 Å². The van der Waals surface area contributed by atoms with Crippen LogP contribution in [-0.2, 0) is 9.59 Å². The standard InChI is InChI=1S/C13H17ClN2O3/c1-8(2)7-15-12(17)13(18)16-10-6-9(14)4-5-11(10)19-3/h4-6,8H,7H2,1-3H3,(H,15,17)(H,16,18). The third kappa shape index (κ3) is 4.79. The number of ether oxygens (including phenoxy) is 1. The Morgan fingerprint density at radius 1 is 1.32 bits per heavy atom. The van der Waals surface area contributed by atoms with E-state index in [1.165, 1.54) is 13.2 Å². The first-order valence-corrected chi connectivity index (χ1v) is 6.24. The lowest BCUT2D eigenvalue weighted by Crippen LogP contribution is -2.37. The number of carbonyl (C=O) groups excluding carboxylic acids is 2. The Balaban J connectivity index is 2.71. The van der Waals surface area contributed by atoms with Crippen molar-refractivity contribution in [3.05, 3.63) is 23.2 Å². The van der Waals surface area contributed by atoms with Crippen molar-refractivity contribution in [2.24, 2.45) is 5.92 Å². The zero-order valence-electron chi connectivity index (χ0n) is 11.1. The summed E-state index contributed by atoms with van der Waals surface area (Å²) in [6.45, 7) is 4.33. The van der Waals surface area contributed by atoms with Crippen molar-refractivity contribution in [2.75, 3.05) is 19.0 Å². The number of hydrogen-bond donors (Lipinski definition) is 2. The van der Waals surface area contributed by atoms with Gasteiger partial charge in [0.05, 0.1) is 12.8 Å². The molecule has 1 rings (SSSR count). The molecule has 2 N–H and O–H groups in total. The van der Waals surface area contributed by atoms with Crippen LogP contribution in [0.5, 0.6) is 5.75 Å². The average molecular weight is 285 g/mol. The lowest BCUT2D eigenvalue weighted by molar-refractivity contribution is -0.136. The number of anilines is 1. The molecule has 0 heterocycles. The Morgan fingerprint density at radius 2 is 2.00 bits per heavy atom. The predicted octanol–water partition coefficient (Wildman–Crippen LogP) is 2.06. The SMILES string of the molecule is COc1ccc(Cl)cc1NC(=O)C(=O)NCC(C)C. The molecule has 0 aromatic heterocycles. The van der Waals surface area contributed by atoms with Crippen LogP contribution in [-0.4, -0.2) is 25.5 Å². The van der Waals surface area contributed by atoms with Crippen molar-refractivity contribution >= 4 is 29.1 Å². The minimum Gasteiger partial charge on any atom is -0.495 e. The maximum atomic E-state index is 11.7. The van der Waals surface area contributed by atoms with Crippen LogP contribution in [0, 0.1) is 5.92 Å². The summed E-state index contributed by atoms with van der Waals surface area (Å²) >= 11 is 5.83. The van der Waals surface area contributed by atoms with E-state index in [9.17, 15) is 9.59 Å². The summed E-state index contributed by atoms with van der Waals surface area (Å²) in [5, 5.41) is 5.44. The van der Waals surface area contributed by atoms with E-state index in [-0.39, 0.29) is 5.92 Å². The summed E-state index contributed by atoms with van der Waals surface area (Å²) in [6, 6.07) is 4.77. The number of halogens is 1. The summed E-state index contributed by atoms with van der Waals surface area (Å²) in [4.78, 5) is 23.2. The largest absolute Gasteiger partial charge is 0.495 e. The monoisotopic (exact) mass is 284 g/mol. The van der Waals surface area contributed by atoms with E-state index in [1.807, 2.05) is 13.8 Å². The zero-order chi connectivity index (χ0) is 14.4. The lowest BCUT2D eigenvalue weighted by atomic mass is 10.2. The molecule has 1 aromatic rings. The first-order chi connectivity index (χ1) is 8.93. The zero-order valence-corrected chi connectivity index (χ0v) is 11.9. The summed E-state index contributed by atoms with van der Waals surface area (Å²) in [5.74, 6) is -0.719. The topological polar surface area (TPSA) is 67.4 Å². The molecule has 0 aliphatic heterocycles. The first kappa shape index (κ1) is 15.3. The van der Waals surface area contributed by atoms with Crippen molar-refractivity contribution in [3.8, 4) is 5.75 Å². The van der Waals surface area contributed by atoms with Crippen LogP contribution in [0.3, 0.4) is 0 Å². The van der Waals surface area contributed by atoms with Crippen molar-refractivity contribution in [1.29, 1.82) is 0 Å². The number of benzene rings is 1. The molecule has 0 radical (unpaired) electrons. The molecular formula is C13H17ClN2O3. The molecule has 0 atom stereocenters. The first-order valence-electron chi connectivity index (χ1n) is 5.86. The molecule has 104 valence electrons. The molecule has 0 saturated carbocycles. The number of rotatable bonds is 4. The summed E-state index contributed by atoms with van der Waals surface area (Å²) in [6.07, 6.45) is 0. The number of hydrogen-bond acceptors (Lipinski definition) is 3. The van der Waals surface area contributed by atoms with Gasteiger partial charge in [-0.05, 0) is 24.1 Å². The fourth-order valence-corrected chi connectivity index (χ4v) is 1.51. The van der Waals surface area contributed by atoms with Gasteiger partial charge in [0.1, 0.15) is 5.75 Å². The minimum absolute atomic E-state index is 0.275. The van der Waals surface area contributed by atoms with Gasteiger partial charge in [0.2, 0.25) is 0 Å². The van der Waals surface area contributed by atoms with E-state index < -0.39 is 11.8 Å². The number of methoxy groups -OCH3 is 1. The predicted molar refractivity (Wildman–Crippen MR) is 74.5 cm³/mol. The minimum atomic E-state index is -0.749. The molecule has 0 aliphatic carbocycles. The highest BCUT2D eigenvalue weighted by Gasteiger charge is 2.16. The van der Waals surface area contributed by atoms with Gasteiger partial charge >= 0.3 is 11.8 Å². The molecule has 0 spiro atoms. The van der Waals surface area contributed by atoms with Gasteiger partial charge in [-0.1, -0.05) is 25.4 Å². The average Bonchev–Trinajstić information content (AvgIpc) is 2.36. The number of nitrogens with one attached hydrogen (secondary N) is 2. The molecule has 0 bridgehead atoms. The summed E-state index contributed by atoms with van der Waals surface area (Å²) < 4.78 is 5.07. The van der Waals surface area contributed by atoms with Crippen LogP contribution < -0.4 is 15.4 Å². The molecule has 0 unspecified atom stereocenters. The Morgan fingerprint density at radius 3 is 2.58 bits per heavy atom. The van der Waals surface area contributed by atoms with Crippen LogP contribution >= 0.6 is 11.6 Å². The number of amides is 2. The summed E-state index contributed by atoms with van der Waals surface area (Å²) in [5.41, 5.74) is 0.361. The molecule has 2 amide bonds. The van der Waals surface area contributed by atoms with Crippen molar-refractivity contribution < 1.29 is 14.3 Å². The van der Waals surface area contributed by atoms with E-state index in [1.54, 1.807) is 12.1 Å². The van der Waals surface area contributed by atoms with E-state index in [0.29, 0.717) is 23.0 Å². The molecule has 0 fully saturated rings. The molecule has 0 saturated heterocycles. The summed E-state index contributed by atoms with van der Waals surface area (Å²) in [7, 11) is 1.47.